The Labute approximate surface area is 76.5 Å². The molecule has 1 aliphatic rings. The maximum atomic E-state index is 10.8. The Morgan fingerprint density at radius 3 is 2.58 bits per heavy atom. The van der Waals surface area contributed by atoms with Crippen LogP contribution in [0.15, 0.2) is 11.8 Å². The van der Waals surface area contributed by atoms with Gasteiger partial charge >= 0.3 is 0 Å². The molecule has 0 bridgehead atoms. The van der Waals surface area contributed by atoms with Gasteiger partial charge in [0.15, 0.2) is 0 Å². The third-order valence-electron chi connectivity index (χ3n) is 1.98. The lowest BCUT2D eigenvalue weighted by Gasteiger charge is -2.29. The van der Waals surface area contributed by atoms with Gasteiger partial charge in [-0.05, 0) is 26.3 Å². The summed E-state index contributed by atoms with van der Waals surface area (Å²) in [6.07, 6.45) is 2.00. The van der Waals surface area contributed by atoms with Crippen LogP contribution in [0.4, 0.5) is 0 Å². The molecule has 0 aromatic heterocycles. The molecule has 0 spiro atoms. The van der Waals surface area contributed by atoms with Crippen molar-refractivity contribution in [2.75, 3.05) is 11.5 Å². The first-order chi connectivity index (χ1) is 5.59. The van der Waals surface area contributed by atoms with E-state index in [1.165, 1.54) is 5.57 Å². The highest BCUT2D eigenvalue weighted by atomic mass is 32.2. The molecular weight excluding hydrogens is 172 g/mol. The van der Waals surface area contributed by atoms with E-state index in [2.05, 4.69) is 0 Å². The highest BCUT2D eigenvalue weighted by molar-refractivity contribution is 7.86. The summed E-state index contributed by atoms with van der Waals surface area (Å²) in [5, 5.41) is 0. The molecule has 0 saturated carbocycles. The van der Waals surface area contributed by atoms with E-state index >= 15 is 0 Å². The van der Waals surface area contributed by atoms with Crippen LogP contribution in [0, 0.1) is 5.92 Å². The second-order valence-electron chi connectivity index (χ2n) is 3.57. The van der Waals surface area contributed by atoms with E-state index in [0.29, 0.717) is 5.92 Å². The van der Waals surface area contributed by atoms with Gasteiger partial charge in [-0.3, -0.25) is 4.21 Å². The van der Waals surface area contributed by atoms with E-state index in [0.717, 1.165) is 11.5 Å². The Bertz CT molecular complexity index is 199. The van der Waals surface area contributed by atoms with Crippen LogP contribution in [0.2, 0.25) is 0 Å². The molecule has 1 saturated heterocycles. The minimum Gasteiger partial charge on any atom is -0.498 e. The van der Waals surface area contributed by atoms with Gasteiger partial charge in [-0.1, -0.05) is 0 Å². The third kappa shape index (κ3) is 2.63. The summed E-state index contributed by atoms with van der Waals surface area (Å²) < 4.78 is 16.3. The van der Waals surface area contributed by atoms with Crippen molar-refractivity contribution >= 4 is 10.8 Å². The predicted molar refractivity (Wildman–Crippen MR) is 51.3 cm³/mol. The molecule has 0 aliphatic carbocycles. The summed E-state index contributed by atoms with van der Waals surface area (Å²) in [5.74, 6) is 2.14. The van der Waals surface area contributed by atoms with Crippen molar-refractivity contribution in [1.29, 1.82) is 0 Å². The zero-order valence-corrected chi connectivity index (χ0v) is 8.69. The summed E-state index contributed by atoms with van der Waals surface area (Å²) in [6.45, 7) is 6.05. The molecule has 0 aromatic carbocycles. The van der Waals surface area contributed by atoms with Crippen molar-refractivity contribution in [3.8, 4) is 0 Å². The van der Waals surface area contributed by atoms with Crippen molar-refractivity contribution in [2.24, 2.45) is 5.92 Å². The van der Waals surface area contributed by atoms with Crippen LogP contribution in [0.25, 0.3) is 0 Å². The fourth-order valence-corrected chi connectivity index (χ4v) is 2.45. The summed E-state index contributed by atoms with van der Waals surface area (Å²) in [6, 6.07) is 0. The number of rotatable bonds is 3. The molecular formula is C9H16O2S. The smallest absolute Gasteiger partial charge is 0.0996 e. The van der Waals surface area contributed by atoms with Gasteiger partial charge in [0.25, 0.3) is 0 Å². The minimum absolute atomic E-state index is 0.220. The van der Waals surface area contributed by atoms with Gasteiger partial charge in [0.2, 0.25) is 0 Å². The van der Waals surface area contributed by atoms with Gasteiger partial charge in [0, 0.05) is 28.2 Å². The lowest BCUT2D eigenvalue weighted by molar-refractivity contribution is 0.114. The average Bonchev–Trinajstić information content (AvgIpc) is 1.94. The lowest BCUT2D eigenvalue weighted by Crippen LogP contribution is -2.39. The Kier molecular flexibility index (Phi) is 3.32. The topological polar surface area (TPSA) is 26.3 Å². The molecule has 0 amide bonds. The molecule has 1 aliphatic heterocycles. The van der Waals surface area contributed by atoms with E-state index < -0.39 is 10.8 Å². The molecule has 1 rings (SSSR count). The molecule has 12 heavy (non-hydrogen) atoms. The van der Waals surface area contributed by atoms with Gasteiger partial charge in [-0.15, -0.1) is 0 Å². The van der Waals surface area contributed by atoms with Gasteiger partial charge < -0.3 is 4.74 Å². The molecule has 1 heterocycles. The van der Waals surface area contributed by atoms with Crippen LogP contribution < -0.4 is 0 Å². The number of hydrogen-bond donors (Lipinski definition) is 0. The fraction of sp³-hybridized carbons (Fsp3) is 0.778. The predicted octanol–water partition coefficient (Wildman–Crippen LogP) is 1.69. The highest BCUT2D eigenvalue weighted by Crippen LogP contribution is 2.20. The Balaban J connectivity index is 2.25. The summed E-state index contributed by atoms with van der Waals surface area (Å²) in [5.41, 5.74) is 1.17. The van der Waals surface area contributed by atoms with Crippen LogP contribution in [0.1, 0.15) is 20.8 Å². The van der Waals surface area contributed by atoms with E-state index in [1.807, 2.05) is 20.8 Å². The molecule has 0 aromatic rings. The SMILES string of the molecule is CC(C)=COC(C)C1CS(=O)C1. The van der Waals surface area contributed by atoms with Crippen molar-refractivity contribution in [2.45, 2.75) is 26.9 Å². The molecule has 70 valence electrons. The van der Waals surface area contributed by atoms with Crippen LogP contribution >= 0.6 is 0 Å². The molecule has 1 atom stereocenters. The zero-order valence-electron chi connectivity index (χ0n) is 7.87. The van der Waals surface area contributed by atoms with Crippen LogP contribution in [-0.4, -0.2) is 21.8 Å². The van der Waals surface area contributed by atoms with E-state index in [9.17, 15) is 4.21 Å². The van der Waals surface area contributed by atoms with E-state index in [-0.39, 0.29) is 6.10 Å². The monoisotopic (exact) mass is 188 g/mol. The van der Waals surface area contributed by atoms with Crippen LogP contribution in [-0.2, 0) is 15.5 Å². The van der Waals surface area contributed by atoms with Gasteiger partial charge in [0.1, 0.15) is 0 Å². The minimum atomic E-state index is -0.558. The maximum Gasteiger partial charge on any atom is 0.0996 e. The van der Waals surface area contributed by atoms with Crippen LogP contribution in [0.5, 0.6) is 0 Å². The standard InChI is InChI=1S/C9H16O2S/c1-7(2)4-11-8(3)9-5-12(10)6-9/h4,8-9H,5-6H2,1-3H3. The summed E-state index contributed by atoms with van der Waals surface area (Å²) >= 11 is 0. The molecule has 1 unspecified atom stereocenters. The van der Waals surface area contributed by atoms with E-state index in [4.69, 9.17) is 4.74 Å². The first-order valence-corrected chi connectivity index (χ1v) is 5.72. The first-order valence-electron chi connectivity index (χ1n) is 4.23. The second-order valence-corrected chi connectivity index (χ2v) is 5.12. The van der Waals surface area contributed by atoms with Crippen LogP contribution in [0.3, 0.4) is 0 Å². The normalized spacial score (nSPS) is 30.2. The van der Waals surface area contributed by atoms with Crippen molar-refractivity contribution < 1.29 is 8.95 Å². The third-order valence-corrected chi connectivity index (χ3v) is 3.58. The molecule has 0 radical (unpaired) electrons. The number of hydrogen-bond acceptors (Lipinski definition) is 2. The summed E-state index contributed by atoms with van der Waals surface area (Å²) in [4.78, 5) is 0. The Morgan fingerprint density at radius 1 is 1.58 bits per heavy atom. The zero-order chi connectivity index (χ0) is 9.14. The quantitative estimate of drug-likeness (QED) is 0.630. The second kappa shape index (κ2) is 4.08. The van der Waals surface area contributed by atoms with Gasteiger partial charge in [-0.25, -0.2) is 0 Å². The van der Waals surface area contributed by atoms with Crippen molar-refractivity contribution in [3.05, 3.63) is 11.8 Å². The largest absolute Gasteiger partial charge is 0.498 e. The van der Waals surface area contributed by atoms with Crippen molar-refractivity contribution in [1.82, 2.24) is 0 Å². The average molecular weight is 188 g/mol. The first kappa shape index (κ1) is 9.78. The molecule has 2 nitrogen and oxygen atoms in total. The Hall–Kier alpha value is -0.310. The van der Waals surface area contributed by atoms with Gasteiger partial charge in [0.05, 0.1) is 12.4 Å². The summed E-state index contributed by atoms with van der Waals surface area (Å²) in [7, 11) is -0.558. The van der Waals surface area contributed by atoms with Crippen molar-refractivity contribution in [3.63, 3.8) is 0 Å². The number of ether oxygens (including phenoxy) is 1. The Morgan fingerprint density at radius 2 is 2.17 bits per heavy atom. The lowest BCUT2D eigenvalue weighted by atomic mass is 10.1. The molecule has 3 heteroatoms. The molecule has 0 N–H and O–H groups in total. The number of allylic oxidation sites excluding steroid dienone is 1. The van der Waals surface area contributed by atoms with E-state index in [1.54, 1.807) is 6.26 Å². The maximum absolute atomic E-state index is 10.8. The fourth-order valence-electron chi connectivity index (χ4n) is 1.05. The van der Waals surface area contributed by atoms with Gasteiger partial charge in [-0.2, -0.15) is 0 Å². The highest BCUT2D eigenvalue weighted by Gasteiger charge is 2.30. The molecule has 1 fully saturated rings.